The fraction of sp³-hybridized carbons (Fsp3) is 0.500. The predicted molar refractivity (Wildman–Crippen MR) is 45.4 cm³/mol. The molecular weight excluding hydrogens is 192 g/mol. The summed E-state index contributed by atoms with van der Waals surface area (Å²) in [5.41, 5.74) is -2.29. The van der Waals surface area contributed by atoms with Gasteiger partial charge in [0, 0.05) is 0 Å². The largest absolute Gasteiger partial charge is 0.480 e. The van der Waals surface area contributed by atoms with Gasteiger partial charge >= 0.3 is 11.9 Å². The molecule has 0 aliphatic rings. The number of carboxylic acids is 1. The molecule has 0 radical (unpaired) electrons. The molecule has 6 heteroatoms. The van der Waals surface area contributed by atoms with Crippen molar-refractivity contribution >= 4 is 11.9 Å². The Bertz CT molecular complexity index is 230. The fourth-order valence-corrected chi connectivity index (χ4v) is 0.674. The molecule has 0 aromatic heterocycles. The van der Waals surface area contributed by atoms with Gasteiger partial charge in [0.2, 0.25) is 5.41 Å². The maximum Gasteiger partial charge on any atom is 0.328 e. The number of carbonyl (C=O) groups excluding carboxylic acids is 1. The van der Waals surface area contributed by atoms with Crippen molar-refractivity contribution in [1.29, 1.82) is 0 Å². The van der Waals surface area contributed by atoms with Gasteiger partial charge in [-0.2, -0.15) is 0 Å². The smallest absolute Gasteiger partial charge is 0.328 e. The van der Waals surface area contributed by atoms with E-state index < -0.39 is 30.6 Å². The van der Waals surface area contributed by atoms with Crippen molar-refractivity contribution < 1.29 is 29.6 Å². The number of aliphatic hydroxyl groups is 2. The summed E-state index contributed by atoms with van der Waals surface area (Å²) < 4.78 is 4.44. The summed E-state index contributed by atoms with van der Waals surface area (Å²) >= 11 is 0. The van der Waals surface area contributed by atoms with Crippen LogP contribution in [0.3, 0.4) is 0 Å². The van der Waals surface area contributed by atoms with Crippen LogP contribution < -0.4 is 0 Å². The highest BCUT2D eigenvalue weighted by Gasteiger charge is 2.47. The molecule has 0 rings (SSSR count). The van der Waals surface area contributed by atoms with E-state index in [0.29, 0.717) is 0 Å². The van der Waals surface area contributed by atoms with E-state index in [1.165, 1.54) is 6.08 Å². The molecule has 3 N–H and O–H groups in total. The highest BCUT2D eigenvalue weighted by molar-refractivity contribution is 5.99. The molecule has 0 amide bonds. The average Bonchev–Trinajstić information content (AvgIpc) is 2.17. The Hall–Kier alpha value is -1.40. The van der Waals surface area contributed by atoms with E-state index >= 15 is 0 Å². The lowest BCUT2D eigenvalue weighted by Crippen LogP contribution is -2.47. The number of ether oxygens (including phenoxy) is 1. The zero-order valence-electron chi connectivity index (χ0n) is 7.47. The number of rotatable bonds is 6. The molecule has 0 spiro atoms. The van der Waals surface area contributed by atoms with Crippen molar-refractivity contribution in [1.82, 2.24) is 0 Å². The lowest BCUT2D eigenvalue weighted by Gasteiger charge is -2.21. The second-order valence-corrected chi connectivity index (χ2v) is 2.59. The topological polar surface area (TPSA) is 104 Å². The molecule has 0 saturated heterocycles. The number of hydrogen-bond acceptors (Lipinski definition) is 5. The van der Waals surface area contributed by atoms with Crippen LogP contribution in [0.1, 0.15) is 0 Å². The highest BCUT2D eigenvalue weighted by atomic mass is 16.5. The molecule has 0 unspecified atom stereocenters. The molecule has 0 bridgehead atoms. The number of hydrogen-bond donors (Lipinski definition) is 3. The number of esters is 1. The number of carbonyl (C=O) groups is 2. The van der Waals surface area contributed by atoms with E-state index in [2.05, 4.69) is 11.3 Å². The van der Waals surface area contributed by atoms with Crippen molar-refractivity contribution in [3.8, 4) is 0 Å². The molecule has 0 saturated carbocycles. The van der Waals surface area contributed by atoms with Crippen molar-refractivity contribution in [2.75, 3.05) is 19.8 Å². The van der Waals surface area contributed by atoms with Crippen molar-refractivity contribution in [3.05, 3.63) is 12.7 Å². The van der Waals surface area contributed by atoms with Crippen LogP contribution >= 0.6 is 0 Å². The minimum atomic E-state index is -2.29. The van der Waals surface area contributed by atoms with Crippen molar-refractivity contribution in [3.63, 3.8) is 0 Å². The van der Waals surface area contributed by atoms with E-state index in [0.717, 1.165) is 0 Å². The van der Waals surface area contributed by atoms with E-state index in [4.69, 9.17) is 15.3 Å². The fourth-order valence-electron chi connectivity index (χ4n) is 0.674. The first kappa shape index (κ1) is 12.6. The average molecular weight is 204 g/mol. The standard InChI is InChI=1S/C8H12O6/c1-2-3-14-7(13)8(4-9,5-10)6(11)12/h2,9-10H,1,3-5H2,(H,11,12). The molecule has 14 heavy (non-hydrogen) atoms. The first-order valence-corrected chi connectivity index (χ1v) is 3.78. The number of aliphatic carboxylic acids is 1. The molecule has 0 aliphatic carbocycles. The zero-order valence-corrected chi connectivity index (χ0v) is 7.47. The van der Waals surface area contributed by atoms with Gasteiger partial charge in [0.15, 0.2) is 0 Å². The SMILES string of the molecule is C=CCOC(=O)C(CO)(CO)C(=O)O. The van der Waals surface area contributed by atoms with Crippen molar-refractivity contribution in [2.24, 2.45) is 5.41 Å². The van der Waals surface area contributed by atoms with E-state index in [9.17, 15) is 9.59 Å². The molecule has 80 valence electrons. The lowest BCUT2D eigenvalue weighted by atomic mass is 9.90. The summed E-state index contributed by atoms with van der Waals surface area (Å²) in [6.45, 7) is 1.05. The van der Waals surface area contributed by atoms with Gasteiger partial charge < -0.3 is 20.1 Å². The van der Waals surface area contributed by atoms with Gasteiger partial charge in [-0.15, -0.1) is 0 Å². The Labute approximate surface area is 80.4 Å². The van der Waals surface area contributed by atoms with Gasteiger partial charge in [0.05, 0.1) is 13.2 Å². The number of carboxylic acid groups (broad SMARTS) is 1. The first-order valence-electron chi connectivity index (χ1n) is 3.78. The lowest BCUT2D eigenvalue weighted by molar-refractivity contribution is -0.174. The van der Waals surface area contributed by atoms with E-state index in [1.807, 2.05) is 0 Å². The molecule has 0 aromatic rings. The zero-order chi connectivity index (χ0) is 11.2. The molecule has 0 atom stereocenters. The van der Waals surface area contributed by atoms with Crippen LogP contribution in [-0.2, 0) is 14.3 Å². The summed E-state index contributed by atoms with van der Waals surface area (Å²) in [6.07, 6.45) is 1.25. The minimum absolute atomic E-state index is 0.173. The molecule has 0 aromatic carbocycles. The first-order chi connectivity index (χ1) is 6.55. The van der Waals surface area contributed by atoms with Crippen LogP contribution in [0.15, 0.2) is 12.7 Å². The van der Waals surface area contributed by atoms with Gasteiger partial charge in [0.25, 0.3) is 0 Å². The van der Waals surface area contributed by atoms with Crippen LogP contribution in [0.4, 0.5) is 0 Å². The highest BCUT2D eigenvalue weighted by Crippen LogP contribution is 2.18. The predicted octanol–water partition coefficient (Wildman–Crippen LogP) is -1.23. The quantitative estimate of drug-likeness (QED) is 0.284. The Morgan fingerprint density at radius 2 is 1.86 bits per heavy atom. The molecule has 0 heterocycles. The minimum Gasteiger partial charge on any atom is -0.480 e. The van der Waals surface area contributed by atoms with Crippen LogP contribution in [0.25, 0.3) is 0 Å². The van der Waals surface area contributed by atoms with Crippen LogP contribution in [0, 0.1) is 5.41 Å². The monoisotopic (exact) mass is 204 g/mol. The summed E-state index contributed by atoms with van der Waals surface area (Å²) in [4.78, 5) is 21.8. The van der Waals surface area contributed by atoms with E-state index in [-0.39, 0.29) is 6.61 Å². The Morgan fingerprint density at radius 1 is 1.36 bits per heavy atom. The van der Waals surface area contributed by atoms with Crippen molar-refractivity contribution in [2.45, 2.75) is 0 Å². The summed E-state index contributed by atoms with van der Waals surface area (Å²) in [5, 5.41) is 26.1. The number of aliphatic hydroxyl groups excluding tert-OH is 2. The summed E-state index contributed by atoms with van der Waals surface area (Å²) in [6, 6.07) is 0. The Balaban J connectivity index is 4.71. The third-order valence-electron chi connectivity index (χ3n) is 1.67. The van der Waals surface area contributed by atoms with Gasteiger partial charge in [0.1, 0.15) is 6.61 Å². The van der Waals surface area contributed by atoms with E-state index in [1.54, 1.807) is 0 Å². The summed E-state index contributed by atoms with van der Waals surface area (Å²) in [5.74, 6) is -2.81. The molecule has 0 aliphatic heterocycles. The second kappa shape index (κ2) is 5.36. The van der Waals surface area contributed by atoms with Gasteiger partial charge in [-0.25, -0.2) is 0 Å². The Kier molecular flexibility index (Phi) is 4.82. The van der Waals surface area contributed by atoms with Crippen LogP contribution in [0.2, 0.25) is 0 Å². The maximum atomic E-state index is 11.2. The third kappa shape index (κ3) is 2.30. The third-order valence-corrected chi connectivity index (χ3v) is 1.67. The van der Waals surface area contributed by atoms with Gasteiger partial charge in [-0.1, -0.05) is 12.7 Å². The normalized spacial score (nSPS) is 10.7. The van der Waals surface area contributed by atoms with Crippen LogP contribution in [0.5, 0.6) is 0 Å². The second-order valence-electron chi connectivity index (χ2n) is 2.59. The van der Waals surface area contributed by atoms with Gasteiger partial charge in [-0.05, 0) is 0 Å². The molecule has 0 fully saturated rings. The summed E-state index contributed by atoms with van der Waals surface area (Å²) in [7, 11) is 0. The molecular formula is C8H12O6. The maximum absolute atomic E-state index is 11.2. The molecule has 6 nitrogen and oxygen atoms in total. The Morgan fingerprint density at radius 3 is 2.14 bits per heavy atom. The van der Waals surface area contributed by atoms with Gasteiger partial charge in [-0.3, -0.25) is 9.59 Å². The van der Waals surface area contributed by atoms with Crippen LogP contribution in [-0.4, -0.2) is 47.1 Å².